The molecule has 0 aliphatic heterocycles. The summed E-state index contributed by atoms with van der Waals surface area (Å²) in [6.45, 7) is 4.12. The molecule has 1 fully saturated rings. The number of hydrogen-bond donors (Lipinski definition) is 2. The van der Waals surface area contributed by atoms with Gasteiger partial charge in [0.15, 0.2) is 0 Å². The van der Waals surface area contributed by atoms with Gasteiger partial charge >= 0.3 is 0 Å². The summed E-state index contributed by atoms with van der Waals surface area (Å²) in [7, 11) is 0. The smallest absolute Gasteiger partial charge is 0.276 e. The fourth-order valence-electron chi connectivity index (χ4n) is 3.68. The average Bonchev–Trinajstić information content (AvgIpc) is 2.98. The predicted molar refractivity (Wildman–Crippen MR) is 117 cm³/mol. The molecule has 0 saturated heterocycles. The van der Waals surface area contributed by atoms with Crippen LogP contribution in [-0.2, 0) is 11.3 Å². The van der Waals surface area contributed by atoms with Gasteiger partial charge in [-0.05, 0) is 56.0 Å². The highest BCUT2D eigenvalue weighted by Crippen LogP contribution is 2.17. The largest absolute Gasteiger partial charge is 0.353 e. The lowest BCUT2D eigenvalue weighted by molar-refractivity contribution is -0.122. The summed E-state index contributed by atoms with van der Waals surface area (Å²) in [5.41, 5.74) is 2.69. The minimum Gasteiger partial charge on any atom is -0.353 e. The zero-order valence-corrected chi connectivity index (χ0v) is 17.7. The molecule has 0 unspecified atom stereocenters. The van der Waals surface area contributed by atoms with E-state index in [0.29, 0.717) is 5.69 Å². The van der Waals surface area contributed by atoms with Crippen LogP contribution in [0.5, 0.6) is 0 Å². The van der Waals surface area contributed by atoms with Crippen molar-refractivity contribution in [1.29, 1.82) is 0 Å². The van der Waals surface area contributed by atoms with Crippen molar-refractivity contribution in [1.82, 2.24) is 15.1 Å². The van der Waals surface area contributed by atoms with Gasteiger partial charge in [0.2, 0.25) is 5.91 Å². The Morgan fingerprint density at radius 3 is 2.47 bits per heavy atom. The Bertz CT molecular complexity index is 959. The Labute approximate surface area is 176 Å². The Kier molecular flexibility index (Phi) is 7.38. The molecule has 2 N–H and O–H groups in total. The Morgan fingerprint density at radius 2 is 1.77 bits per heavy atom. The molecule has 1 aliphatic rings. The second-order valence-corrected chi connectivity index (χ2v) is 8.04. The van der Waals surface area contributed by atoms with E-state index < -0.39 is 5.91 Å². The molecular formula is C23H30N4O3. The van der Waals surface area contributed by atoms with Crippen LogP contribution < -0.4 is 16.2 Å². The molecule has 0 atom stereocenters. The van der Waals surface area contributed by atoms with E-state index in [1.807, 2.05) is 32.0 Å². The van der Waals surface area contributed by atoms with Crippen molar-refractivity contribution < 1.29 is 9.59 Å². The molecule has 160 valence electrons. The molecule has 2 aromatic rings. The van der Waals surface area contributed by atoms with Crippen LogP contribution in [-0.4, -0.2) is 27.6 Å². The maximum absolute atomic E-state index is 12.5. The first-order valence-corrected chi connectivity index (χ1v) is 10.7. The number of aryl methyl sites for hydroxylation is 3. The van der Waals surface area contributed by atoms with Crippen LogP contribution in [0, 0.1) is 13.8 Å². The molecule has 2 amide bonds. The third-order valence-corrected chi connectivity index (χ3v) is 5.63. The van der Waals surface area contributed by atoms with Crippen molar-refractivity contribution in [3.8, 4) is 0 Å². The van der Waals surface area contributed by atoms with Gasteiger partial charge in [-0.15, -0.1) is 0 Å². The summed E-state index contributed by atoms with van der Waals surface area (Å²) in [5, 5.41) is 10.0. The summed E-state index contributed by atoms with van der Waals surface area (Å²) >= 11 is 0. The molecule has 1 aliphatic carbocycles. The van der Waals surface area contributed by atoms with Gasteiger partial charge in [0.25, 0.3) is 11.5 Å². The quantitative estimate of drug-likeness (QED) is 0.714. The lowest BCUT2D eigenvalue weighted by atomic mass is 10.1. The van der Waals surface area contributed by atoms with Gasteiger partial charge in [0, 0.05) is 24.2 Å². The number of rotatable bonds is 6. The van der Waals surface area contributed by atoms with E-state index in [1.165, 1.54) is 29.7 Å². The lowest BCUT2D eigenvalue weighted by Gasteiger charge is -2.16. The molecule has 1 aromatic heterocycles. The third kappa shape index (κ3) is 6.02. The number of aromatic nitrogens is 2. The molecule has 1 aromatic carbocycles. The molecular weight excluding hydrogens is 380 g/mol. The van der Waals surface area contributed by atoms with Gasteiger partial charge in [0.05, 0.1) is 6.54 Å². The van der Waals surface area contributed by atoms with E-state index >= 15 is 0 Å². The standard InChI is InChI=1S/C23H30N4O3/c1-16-9-10-19(15-17(16)2)25-23(30)20-11-12-22(29)27(26-20)14-13-21(28)24-18-7-5-3-4-6-8-18/h9-12,15,18H,3-8,13-14H2,1-2H3,(H,24,28)(H,25,30). The van der Waals surface area contributed by atoms with Crippen molar-refractivity contribution in [2.45, 2.75) is 71.4 Å². The monoisotopic (exact) mass is 410 g/mol. The number of amides is 2. The molecule has 3 rings (SSSR count). The van der Waals surface area contributed by atoms with Gasteiger partial charge in [-0.3, -0.25) is 14.4 Å². The van der Waals surface area contributed by atoms with Gasteiger partial charge in [-0.2, -0.15) is 5.10 Å². The summed E-state index contributed by atoms with van der Waals surface area (Å²) in [6.07, 6.45) is 6.92. The van der Waals surface area contributed by atoms with E-state index in [2.05, 4.69) is 15.7 Å². The van der Waals surface area contributed by atoms with Crippen LogP contribution in [0.2, 0.25) is 0 Å². The van der Waals surface area contributed by atoms with E-state index in [9.17, 15) is 14.4 Å². The second kappa shape index (κ2) is 10.2. The van der Waals surface area contributed by atoms with Gasteiger partial charge < -0.3 is 10.6 Å². The number of carbonyl (C=O) groups excluding carboxylic acids is 2. The first-order chi connectivity index (χ1) is 14.4. The third-order valence-electron chi connectivity index (χ3n) is 5.63. The topological polar surface area (TPSA) is 93.1 Å². The molecule has 1 heterocycles. The maximum atomic E-state index is 12.5. The van der Waals surface area contributed by atoms with Crippen LogP contribution in [0.15, 0.2) is 35.1 Å². The lowest BCUT2D eigenvalue weighted by Crippen LogP contribution is -2.36. The first-order valence-electron chi connectivity index (χ1n) is 10.7. The van der Waals surface area contributed by atoms with Crippen LogP contribution >= 0.6 is 0 Å². The zero-order chi connectivity index (χ0) is 21.5. The molecule has 0 bridgehead atoms. The number of nitrogens with one attached hydrogen (secondary N) is 2. The van der Waals surface area contributed by atoms with Crippen molar-refractivity contribution in [2.75, 3.05) is 5.32 Å². The van der Waals surface area contributed by atoms with Crippen molar-refractivity contribution in [2.24, 2.45) is 0 Å². The normalized spacial score (nSPS) is 14.7. The van der Waals surface area contributed by atoms with E-state index in [-0.39, 0.29) is 36.2 Å². The van der Waals surface area contributed by atoms with Gasteiger partial charge in [-0.1, -0.05) is 31.7 Å². The van der Waals surface area contributed by atoms with Gasteiger partial charge in [-0.25, -0.2) is 4.68 Å². The molecule has 1 saturated carbocycles. The second-order valence-electron chi connectivity index (χ2n) is 8.04. The number of hydrogen-bond acceptors (Lipinski definition) is 4. The number of benzene rings is 1. The van der Waals surface area contributed by atoms with Crippen LogP contribution in [0.1, 0.15) is 66.6 Å². The first kappa shape index (κ1) is 21.7. The minimum atomic E-state index is -0.394. The van der Waals surface area contributed by atoms with Crippen molar-refractivity contribution in [3.63, 3.8) is 0 Å². The summed E-state index contributed by atoms with van der Waals surface area (Å²) in [4.78, 5) is 37.0. The SMILES string of the molecule is Cc1ccc(NC(=O)c2ccc(=O)n(CCC(=O)NC3CCCCCC3)n2)cc1C. The molecule has 0 radical (unpaired) electrons. The van der Waals surface area contributed by atoms with Crippen molar-refractivity contribution >= 4 is 17.5 Å². The summed E-state index contributed by atoms with van der Waals surface area (Å²) in [6, 6.07) is 8.59. The van der Waals surface area contributed by atoms with E-state index in [0.717, 1.165) is 36.8 Å². The number of anilines is 1. The van der Waals surface area contributed by atoms with E-state index in [1.54, 1.807) is 0 Å². The van der Waals surface area contributed by atoms with Crippen LogP contribution in [0.4, 0.5) is 5.69 Å². The zero-order valence-electron chi connectivity index (χ0n) is 17.7. The predicted octanol–water partition coefficient (Wildman–Crippen LogP) is 3.34. The highest BCUT2D eigenvalue weighted by Gasteiger charge is 2.15. The van der Waals surface area contributed by atoms with E-state index in [4.69, 9.17) is 0 Å². The Morgan fingerprint density at radius 1 is 1.03 bits per heavy atom. The summed E-state index contributed by atoms with van der Waals surface area (Å²) < 4.78 is 1.18. The fourth-order valence-corrected chi connectivity index (χ4v) is 3.68. The minimum absolute atomic E-state index is 0.0828. The fraction of sp³-hybridized carbons (Fsp3) is 0.478. The van der Waals surface area contributed by atoms with Crippen molar-refractivity contribution in [3.05, 3.63) is 57.5 Å². The van der Waals surface area contributed by atoms with Gasteiger partial charge in [0.1, 0.15) is 5.69 Å². The summed E-state index contributed by atoms with van der Waals surface area (Å²) in [5.74, 6) is -0.476. The van der Waals surface area contributed by atoms with Crippen LogP contribution in [0.25, 0.3) is 0 Å². The molecule has 7 nitrogen and oxygen atoms in total. The maximum Gasteiger partial charge on any atom is 0.276 e. The number of carbonyl (C=O) groups is 2. The highest BCUT2D eigenvalue weighted by atomic mass is 16.2. The molecule has 30 heavy (non-hydrogen) atoms. The number of nitrogens with zero attached hydrogens (tertiary/aromatic N) is 2. The van der Waals surface area contributed by atoms with Crippen LogP contribution in [0.3, 0.4) is 0 Å². The Balaban J connectivity index is 1.60. The Hall–Kier alpha value is -2.96. The molecule has 7 heteroatoms. The highest BCUT2D eigenvalue weighted by molar-refractivity contribution is 6.02. The average molecular weight is 411 g/mol. The molecule has 0 spiro atoms.